The Hall–Kier alpha value is -1.54. The molecule has 0 nitrogen and oxygen atoms in total. The third-order valence-corrected chi connectivity index (χ3v) is 40.0. The van der Waals surface area contributed by atoms with Crippen molar-refractivity contribution in [3.05, 3.63) is 113 Å². The fraction of sp³-hybridized carbons (Fsp3) is 0.361. The molecule has 0 saturated carbocycles. The number of halogens is 2. The van der Waals surface area contributed by atoms with Crippen LogP contribution in [-0.2, 0) is 28.8 Å². The fourth-order valence-corrected chi connectivity index (χ4v) is 33.5. The number of benzene rings is 3. The molecule has 3 aromatic rings. The summed E-state index contributed by atoms with van der Waals surface area (Å²) < 4.78 is 8.36. The van der Waals surface area contributed by atoms with Gasteiger partial charge in [-0.25, -0.2) is 0 Å². The van der Waals surface area contributed by atoms with Gasteiger partial charge in [-0.05, 0) is 0 Å². The number of hydrogen-bond donors (Lipinski definition) is 0. The average Bonchev–Trinajstić information content (AvgIpc) is 3.50. The summed E-state index contributed by atoms with van der Waals surface area (Å²) in [5, 5.41) is 0. The molecule has 0 saturated heterocycles. The Labute approximate surface area is 250 Å². The number of allylic oxidation sites excluding steroid dienone is 4. The molecule has 0 heterocycles. The van der Waals surface area contributed by atoms with Gasteiger partial charge in [-0.1, -0.05) is 0 Å². The van der Waals surface area contributed by atoms with Crippen molar-refractivity contribution in [3.63, 3.8) is 0 Å². The molecule has 0 atom stereocenters. The maximum absolute atomic E-state index is 5.63. The van der Waals surface area contributed by atoms with Gasteiger partial charge in [-0.15, -0.1) is 24.8 Å². The van der Waals surface area contributed by atoms with Crippen LogP contribution < -0.4 is 3.32 Å². The summed E-state index contributed by atoms with van der Waals surface area (Å²) >= 11 is -4.45. The van der Waals surface area contributed by atoms with E-state index in [0.717, 1.165) is 0 Å². The second kappa shape index (κ2) is 10.7. The molecule has 0 radical (unpaired) electrons. The monoisotopic (exact) mass is 728 g/mol. The summed E-state index contributed by atoms with van der Waals surface area (Å²) in [4.78, 5) is 0. The molecule has 0 bridgehead atoms. The first-order valence-corrected chi connectivity index (χ1v) is 24.6. The minimum atomic E-state index is -4.45. The van der Waals surface area contributed by atoms with Crippen molar-refractivity contribution >= 4 is 32.4 Å². The van der Waals surface area contributed by atoms with Gasteiger partial charge in [-0.2, -0.15) is 0 Å². The first-order chi connectivity index (χ1) is 17.3. The van der Waals surface area contributed by atoms with E-state index in [1.807, 2.05) is 0 Å². The fourth-order valence-electron chi connectivity index (χ4n) is 7.26. The van der Waals surface area contributed by atoms with Gasteiger partial charge in [-0.3, -0.25) is 0 Å². The Balaban J connectivity index is 0.00000210. The van der Waals surface area contributed by atoms with E-state index in [9.17, 15) is 0 Å². The Morgan fingerprint density at radius 2 is 1.10 bits per heavy atom. The number of rotatable bonds is 4. The van der Waals surface area contributed by atoms with Crippen LogP contribution in [0.2, 0.25) is 7.35 Å². The van der Waals surface area contributed by atoms with E-state index in [1.54, 1.807) is 0 Å². The van der Waals surface area contributed by atoms with Crippen LogP contribution in [0.4, 0.5) is 0 Å². The zero-order valence-corrected chi connectivity index (χ0v) is 30.1. The van der Waals surface area contributed by atoms with Crippen LogP contribution in [0.15, 0.2) is 91.0 Å². The molecule has 0 fully saturated rings. The zero-order chi connectivity index (χ0) is 26.8. The van der Waals surface area contributed by atoms with Crippen LogP contribution >= 0.6 is 24.8 Å². The summed E-state index contributed by atoms with van der Waals surface area (Å²) in [7, 11) is 0. The second-order valence-corrected chi connectivity index (χ2v) is 37.1. The number of hydrogen-bond acceptors (Lipinski definition) is 0. The summed E-state index contributed by atoms with van der Waals surface area (Å²) in [6.45, 7) is 19.0. The van der Waals surface area contributed by atoms with Crippen molar-refractivity contribution in [2.45, 2.75) is 77.2 Å². The van der Waals surface area contributed by atoms with Crippen molar-refractivity contribution < 1.29 is 18.0 Å². The average molecular weight is 728 g/mol. The molecule has 5 rings (SSSR count). The summed E-state index contributed by atoms with van der Waals surface area (Å²) in [5.74, 6) is 0. The number of fused-ring (bicyclic) bond motifs is 3. The van der Waals surface area contributed by atoms with E-state index in [2.05, 4.69) is 146 Å². The molecule has 0 aromatic heterocycles. The zero-order valence-electron chi connectivity index (χ0n) is 24.9. The van der Waals surface area contributed by atoms with Crippen LogP contribution in [-0.4, -0.2) is 4.26 Å². The van der Waals surface area contributed by atoms with Crippen LogP contribution in [0.3, 0.4) is 0 Å². The van der Waals surface area contributed by atoms with Gasteiger partial charge < -0.3 is 0 Å². The van der Waals surface area contributed by atoms with E-state index < -0.39 is 18.0 Å². The van der Waals surface area contributed by atoms with E-state index >= 15 is 0 Å². The van der Waals surface area contributed by atoms with Gasteiger partial charge >= 0.3 is 227 Å². The van der Waals surface area contributed by atoms with Crippen molar-refractivity contribution in [3.8, 4) is 11.1 Å². The predicted molar refractivity (Wildman–Crippen MR) is 176 cm³/mol. The Kier molecular flexibility index (Phi) is 8.77. The first-order valence-electron chi connectivity index (χ1n) is 14.0. The standard InChI is InChI=1S/C21H25.C6H5.C5H5.C3H7.CH2.2ClH.Hf/c1-20(2,3)16-7-9-18-14(12-16)11-15-13-17(21(4,5)6)8-10-19(15)18;1-2-4-6-5-3-1;1-2-4-5-3-1;1-3-2;;;;/h7-13H,1-6H3;1-5H;1-5H;3H,1-2H3;1H2;2*1H;. The van der Waals surface area contributed by atoms with E-state index in [1.165, 1.54) is 36.7 Å². The van der Waals surface area contributed by atoms with Gasteiger partial charge in [0.15, 0.2) is 0 Å². The molecular formula is C36H46Cl2Hf. The van der Waals surface area contributed by atoms with Gasteiger partial charge in [0.1, 0.15) is 0 Å². The summed E-state index contributed by atoms with van der Waals surface area (Å²) in [6.07, 6.45) is 9.50. The summed E-state index contributed by atoms with van der Waals surface area (Å²) in [5.41, 5.74) is 8.90. The van der Waals surface area contributed by atoms with Crippen LogP contribution in [0.25, 0.3) is 11.1 Å². The predicted octanol–water partition coefficient (Wildman–Crippen LogP) is 10.4. The SMILES string of the molecule is Cl.Cl.[CH2]=[Hf]([c]1ccccc1)([CH](C)C)([CH]1C=CC=C1)[CH]1c2cc(C(C)(C)C)ccc2-c2ccc(C(C)(C)C)cc21. The maximum atomic E-state index is 5.63. The van der Waals surface area contributed by atoms with Crippen molar-refractivity contribution in [2.24, 2.45) is 0 Å². The van der Waals surface area contributed by atoms with Gasteiger partial charge in [0.25, 0.3) is 0 Å². The molecule has 208 valence electrons. The normalized spacial score (nSPS) is 15.6. The Morgan fingerprint density at radius 1 is 0.667 bits per heavy atom. The van der Waals surface area contributed by atoms with Gasteiger partial charge in [0, 0.05) is 0 Å². The van der Waals surface area contributed by atoms with E-state index in [0.29, 0.717) is 11.0 Å². The molecule has 0 spiro atoms. The second-order valence-electron chi connectivity index (χ2n) is 14.1. The summed E-state index contributed by atoms with van der Waals surface area (Å²) in [6, 6.07) is 26.2. The minimum absolute atomic E-state index is 0. The van der Waals surface area contributed by atoms with Gasteiger partial charge in [0.2, 0.25) is 0 Å². The quantitative estimate of drug-likeness (QED) is 0.235. The molecule has 0 N–H and O–H groups in total. The molecule has 39 heavy (non-hydrogen) atoms. The molecule has 2 aliphatic rings. The van der Waals surface area contributed by atoms with Crippen LogP contribution in [0.5, 0.6) is 0 Å². The van der Waals surface area contributed by atoms with Gasteiger partial charge in [0.05, 0.1) is 0 Å². The van der Waals surface area contributed by atoms with Crippen molar-refractivity contribution in [2.75, 3.05) is 0 Å². The third kappa shape index (κ3) is 4.75. The molecule has 3 heteroatoms. The van der Waals surface area contributed by atoms with E-state index in [-0.39, 0.29) is 35.6 Å². The van der Waals surface area contributed by atoms with E-state index in [4.69, 9.17) is 4.26 Å². The molecule has 0 unspecified atom stereocenters. The third-order valence-electron chi connectivity index (χ3n) is 9.81. The topological polar surface area (TPSA) is 0 Å². The van der Waals surface area contributed by atoms with Crippen molar-refractivity contribution in [1.82, 2.24) is 0 Å². The molecule has 0 amide bonds. The molecule has 0 aliphatic heterocycles. The first kappa shape index (κ1) is 32.0. The Bertz CT molecular complexity index is 1400. The Morgan fingerprint density at radius 3 is 1.49 bits per heavy atom. The molecular weight excluding hydrogens is 682 g/mol. The molecule has 3 aromatic carbocycles. The van der Waals surface area contributed by atoms with Crippen LogP contribution in [0, 0.1) is 0 Å². The van der Waals surface area contributed by atoms with Crippen LogP contribution in [0.1, 0.15) is 81.3 Å². The van der Waals surface area contributed by atoms with Crippen molar-refractivity contribution in [1.29, 1.82) is 0 Å². The molecule has 2 aliphatic carbocycles.